The van der Waals surface area contributed by atoms with Crippen LogP contribution in [0.1, 0.15) is 50.2 Å². The van der Waals surface area contributed by atoms with E-state index in [9.17, 15) is 9.59 Å². The number of nitrogens with zero attached hydrogens (tertiary/aromatic N) is 1. The van der Waals surface area contributed by atoms with E-state index in [-0.39, 0.29) is 24.3 Å². The fourth-order valence-corrected chi connectivity index (χ4v) is 4.30. The molecule has 2 aromatic rings. The van der Waals surface area contributed by atoms with Crippen molar-refractivity contribution in [3.63, 3.8) is 0 Å². The topological polar surface area (TPSA) is 49.4 Å². The third-order valence-electron chi connectivity index (χ3n) is 5.65. The number of hydrogen-bond donors (Lipinski definition) is 1. The Bertz CT molecular complexity index is 864. The van der Waals surface area contributed by atoms with Crippen molar-refractivity contribution in [3.8, 4) is 0 Å². The van der Waals surface area contributed by atoms with Crippen molar-refractivity contribution in [2.24, 2.45) is 0 Å². The number of amides is 2. The molecule has 0 heterocycles. The minimum Gasteiger partial charge on any atom is -0.352 e. The SMILES string of the molecule is CC[C@@H](C(=O)NC1CCCC1)N(Cc1ccccc1Cl)C(=O)Cc1ccc(Cl)cc1. The zero-order valence-corrected chi connectivity index (χ0v) is 18.8. The first-order valence-electron chi connectivity index (χ1n) is 10.6. The van der Waals surface area contributed by atoms with Crippen LogP contribution in [0.3, 0.4) is 0 Å². The van der Waals surface area contributed by atoms with E-state index in [0.717, 1.165) is 36.8 Å². The summed E-state index contributed by atoms with van der Waals surface area (Å²) in [5.74, 6) is -0.188. The highest BCUT2D eigenvalue weighted by atomic mass is 35.5. The molecule has 1 N–H and O–H groups in total. The van der Waals surface area contributed by atoms with Gasteiger partial charge in [-0.15, -0.1) is 0 Å². The first-order chi connectivity index (χ1) is 14.5. The van der Waals surface area contributed by atoms with Gasteiger partial charge in [-0.25, -0.2) is 0 Å². The van der Waals surface area contributed by atoms with Crippen molar-refractivity contribution in [1.29, 1.82) is 0 Å². The average molecular weight is 447 g/mol. The predicted octanol–water partition coefficient (Wildman–Crippen LogP) is 5.40. The van der Waals surface area contributed by atoms with Gasteiger partial charge in [0.25, 0.3) is 0 Å². The fraction of sp³-hybridized carbons (Fsp3) is 0.417. The van der Waals surface area contributed by atoms with Gasteiger partial charge < -0.3 is 10.2 Å². The second kappa shape index (κ2) is 10.8. The summed E-state index contributed by atoms with van der Waals surface area (Å²) in [4.78, 5) is 28.1. The normalized spacial score (nSPS) is 15.0. The molecule has 0 saturated heterocycles. The van der Waals surface area contributed by atoms with Gasteiger partial charge in [0.2, 0.25) is 11.8 Å². The Labute approximate surface area is 188 Å². The molecule has 1 fully saturated rings. The van der Waals surface area contributed by atoms with Gasteiger partial charge in [0.15, 0.2) is 0 Å². The monoisotopic (exact) mass is 446 g/mol. The minimum absolute atomic E-state index is 0.0825. The molecule has 0 spiro atoms. The quantitative estimate of drug-likeness (QED) is 0.589. The van der Waals surface area contributed by atoms with E-state index in [0.29, 0.717) is 23.0 Å². The number of nitrogens with one attached hydrogen (secondary N) is 1. The average Bonchev–Trinajstić information content (AvgIpc) is 3.24. The Morgan fingerprint density at radius 1 is 1.07 bits per heavy atom. The van der Waals surface area contributed by atoms with Crippen LogP contribution in [0.5, 0.6) is 0 Å². The summed E-state index contributed by atoms with van der Waals surface area (Å²) in [7, 11) is 0. The maximum absolute atomic E-state index is 13.3. The van der Waals surface area contributed by atoms with E-state index in [1.54, 1.807) is 23.1 Å². The summed E-state index contributed by atoms with van der Waals surface area (Å²) in [6.45, 7) is 2.23. The lowest BCUT2D eigenvalue weighted by atomic mass is 10.1. The van der Waals surface area contributed by atoms with Gasteiger partial charge in [0, 0.05) is 22.6 Å². The number of carbonyl (C=O) groups is 2. The largest absolute Gasteiger partial charge is 0.352 e. The van der Waals surface area contributed by atoms with Crippen LogP contribution < -0.4 is 5.32 Å². The van der Waals surface area contributed by atoms with Crippen LogP contribution in [0.4, 0.5) is 0 Å². The van der Waals surface area contributed by atoms with E-state index in [1.807, 2.05) is 37.3 Å². The molecule has 6 heteroatoms. The number of carbonyl (C=O) groups excluding carboxylic acids is 2. The maximum Gasteiger partial charge on any atom is 0.243 e. The first kappa shape index (κ1) is 22.6. The summed E-state index contributed by atoms with van der Waals surface area (Å²) < 4.78 is 0. The number of hydrogen-bond acceptors (Lipinski definition) is 2. The van der Waals surface area contributed by atoms with E-state index in [4.69, 9.17) is 23.2 Å². The van der Waals surface area contributed by atoms with Gasteiger partial charge in [-0.3, -0.25) is 9.59 Å². The van der Waals surface area contributed by atoms with E-state index in [2.05, 4.69) is 5.32 Å². The Hall–Kier alpha value is -2.04. The van der Waals surface area contributed by atoms with Crippen LogP contribution in [-0.4, -0.2) is 28.8 Å². The van der Waals surface area contributed by atoms with Crippen LogP contribution in [-0.2, 0) is 22.6 Å². The zero-order chi connectivity index (χ0) is 21.5. The van der Waals surface area contributed by atoms with E-state index in [1.165, 1.54) is 0 Å². The second-order valence-corrected chi connectivity index (χ2v) is 8.67. The van der Waals surface area contributed by atoms with Crippen LogP contribution in [0.25, 0.3) is 0 Å². The van der Waals surface area contributed by atoms with Crippen LogP contribution in [0.15, 0.2) is 48.5 Å². The van der Waals surface area contributed by atoms with Crippen molar-refractivity contribution < 1.29 is 9.59 Å². The number of benzene rings is 2. The predicted molar refractivity (Wildman–Crippen MR) is 122 cm³/mol. The highest BCUT2D eigenvalue weighted by molar-refractivity contribution is 6.31. The lowest BCUT2D eigenvalue weighted by Crippen LogP contribution is -2.51. The molecule has 1 saturated carbocycles. The molecule has 1 aliphatic rings. The summed E-state index contributed by atoms with van der Waals surface area (Å²) in [5.41, 5.74) is 1.69. The lowest BCUT2D eigenvalue weighted by Gasteiger charge is -2.32. The Morgan fingerprint density at radius 2 is 1.73 bits per heavy atom. The van der Waals surface area contributed by atoms with Gasteiger partial charge in [0.1, 0.15) is 6.04 Å². The molecular weight excluding hydrogens is 419 g/mol. The maximum atomic E-state index is 13.3. The van der Waals surface area contributed by atoms with Gasteiger partial charge in [-0.2, -0.15) is 0 Å². The fourth-order valence-electron chi connectivity index (χ4n) is 3.98. The first-order valence-corrected chi connectivity index (χ1v) is 11.3. The van der Waals surface area contributed by atoms with Crippen molar-refractivity contribution in [3.05, 3.63) is 69.7 Å². The van der Waals surface area contributed by atoms with Crippen LogP contribution in [0, 0.1) is 0 Å². The molecule has 0 aliphatic heterocycles. The molecule has 2 amide bonds. The zero-order valence-electron chi connectivity index (χ0n) is 17.2. The Morgan fingerprint density at radius 3 is 2.37 bits per heavy atom. The van der Waals surface area contributed by atoms with Crippen LogP contribution in [0.2, 0.25) is 10.0 Å². The molecule has 0 unspecified atom stereocenters. The van der Waals surface area contributed by atoms with Crippen molar-refractivity contribution >= 4 is 35.0 Å². The molecule has 3 rings (SSSR count). The van der Waals surface area contributed by atoms with E-state index < -0.39 is 6.04 Å². The molecular formula is C24H28Cl2N2O2. The molecule has 30 heavy (non-hydrogen) atoms. The summed E-state index contributed by atoms with van der Waals surface area (Å²) in [6, 6.07) is 14.3. The van der Waals surface area contributed by atoms with Crippen molar-refractivity contribution in [2.45, 2.75) is 64.1 Å². The highest BCUT2D eigenvalue weighted by Gasteiger charge is 2.30. The molecule has 0 aromatic heterocycles. The molecule has 2 aromatic carbocycles. The number of rotatable bonds is 8. The van der Waals surface area contributed by atoms with Gasteiger partial charge in [-0.05, 0) is 48.6 Å². The van der Waals surface area contributed by atoms with Crippen molar-refractivity contribution in [1.82, 2.24) is 10.2 Å². The highest BCUT2D eigenvalue weighted by Crippen LogP contribution is 2.22. The molecule has 4 nitrogen and oxygen atoms in total. The minimum atomic E-state index is -0.540. The van der Waals surface area contributed by atoms with Gasteiger partial charge in [-0.1, -0.05) is 73.3 Å². The molecule has 160 valence electrons. The standard InChI is InChI=1S/C24H28Cl2N2O2/c1-2-22(24(30)27-20-8-4-5-9-20)28(16-18-7-3-6-10-21(18)26)23(29)15-17-11-13-19(25)14-12-17/h3,6-7,10-14,20,22H,2,4-5,8-9,15-16H2,1H3,(H,27,30)/t22-/m0/s1. The number of halogens is 2. The van der Waals surface area contributed by atoms with Crippen LogP contribution >= 0.6 is 23.2 Å². The smallest absolute Gasteiger partial charge is 0.243 e. The molecule has 0 bridgehead atoms. The third-order valence-corrected chi connectivity index (χ3v) is 6.28. The second-order valence-electron chi connectivity index (χ2n) is 7.83. The third kappa shape index (κ3) is 5.99. The summed E-state index contributed by atoms with van der Waals surface area (Å²) >= 11 is 12.3. The Balaban J connectivity index is 1.82. The summed E-state index contributed by atoms with van der Waals surface area (Å²) in [5, 5.41) is 4.37. The molecule has 1 atom stereocenters. The Kier molecular flexibility index (Phi) is 8.17. The summed E-state index contributed by atoms with van der Waals surface area (Å²) in [6.07, 6.45) is 5.03. The van der Waals surface area contributed by atoms with Gasteiger partial charge in [0.05, 0.1) is 6.42 Å². The molecule has 0 radical (unpaired) electrons. The molecule has 1 aliphatic carbocycles. The van der Waals surface area contributed by atoms with E-state index >= 15 is 0 Å². The van der Waals surface area contributed by atoms with Gasteiger partial charge >= 0.3 is 0 Å². The lowest BCUT2D eigenvalue weighted by molar-refractivity contribution is -0.141. The van der Waals surface area contributed by atoms with Crippen molar-refractivity contribution in [2.75, 3.05) is 0 Å².